The van der Waals surface area contributed by atoms with Crippen LogP contribution in [0.15, 0.2) is 91.0 Å². The number of phenolic OH excluding ortho intramolecular Hbond substituents is 2. The lowest BCUT2D eigenvalue weighted by atomic mass is 9.69. The molecule has 1 fully saturated rings. The molecule has 0 heterocycles. The number of ketones is 1. The summed E-state index contributed by atoms with van der Waals surface area (Å²) < 4.78 is 12.7. The van der Waals surface area contributed by atoms with Crippen LogP contribution in [0.2, 0.25) is 0 Å². The lowest BCUT2D eigenvalue weighted by molar-refractivity contribution is -0.0648. The van der Waals surface area contributed by atoms with Crippen molar-refractivity contribution in [3.8, 4) is 17.2 Å². The Morgan fingerprint density at radius 1 is 0.787 bits per heavy atom. The van der Waals surface area contributed by atoms with Crippen LogP contribution in [-0.4, -0.2) is 34.8 Å². The Morgan fingerprint density at radius 3 is 2.21 bits per heavy atom. The molecular formula is C42H52O5. The first-order chi connectivity index (χ1) is 23.0. The summed E-state index contributed by atoms with van der Waals surface area (Å²) in [5.41, 5.74) is 2.65. The van der Waals surface area contributed by atoms with E-state index in [1.807, 2.05) is 0 Å². The number of phenols is 2. The number of carbonyl (C=O) groups excluding carboxylic acids is 1. The van der Waals surface area contributed by atoms with Gasteiger partial charge in [-0.1, -0.05) is 113 Å². The average molecular weight is 637 g/mol. The van der Waals surface area contributed by atoms with Gasteiger partial charge in [0.1, 0.15) is 17.2 Å². The molecule has 2 N–H and O–H groups in total. The van der Waals surface area contributed by atoms with Gasteiger partial charge in [-0.15, -0.1) is 0 Å². The molecule has 3 aromatic rings. The molecule has 3 aromatic carbocycles. The highest BCUT2D eigenvalue weighted by Gasteiger charge is 2.40. The molecule has 5 nitrogen and oxygen atoms in total. The zero-order valence-corrected chi connectivity index (χ0v) is 28.0. The lowest BCUT2D eigenvalue weighted by Crippen LogP contribution is -2.42. The predicted molar refractivity (Wildman–Crippen MR) is 190 cm³/mol. The summed E-state index contributed by atoms with van der Waals surface area (Å²) >= 11 is 0. The Labute approximate surface area is 281 Å². The van der Waals surface area contributed by atoms with Crippen molar-refractivity contribution in [3.05, 3.63) is 108 Å². The number of aromatic hydroxyl groups is 2. The van der Waals surface area contributed by atoms with Gasteiger partial charge in [0.25, 0.3) is 0 Å². The molecule has 0 saturated heterocycles. The average Bonchev–Trinajstić information content (AvgIpc) is 3.10. The fraction of sp³-hybridized carbons (Fsp3) is 0.452. The number of hydrogen-bond acceptors (Lipinski definition) is 5. The smallest absolute Gasteiger partial charge is 0.200 e. The van der Waals surface area contributed by atoms with Crippen molar-refractivity contribution < 1.29 is 24.5 Å². The van der Waals surface area contributed by atoms with Crippen LogP contribution >= 0.6 is 0 Å². The van der Waals surface area contributed by atoms with Gasteiger partial charge in [-0.25, -0.2) is 0 Å². The Bertz CT molecular complexity index is 1480. The van der Waals surface area contributed by atoms with E-state index < -0.39 is 5.78 Å². The van der Waals surface area contributed by atoms with Crippen LogP contribution in [0.3, 0.4) is 0 Å². The van der Waals surface area contributed by atoms with Gasteiger partial charge in [0, 0.05) is 12.7 Å². The number of rotatable bonds is 17. The van der Waals surface area contributed by atoms with E-state index in [0.717, 1.165) is 44.6 Å². The van der Waals surface area contributed by atoms with Crippen molar-refractivity contribution in [1.29, 1.82) is 0 Å². The zero-order chi connectivity index (χ0) is 32.9. The summed E-state index contributed by atoms with van der Waals surface area (Å²) in [6.45, 7) is 3.59. The Hall–Kier alpha value is -3.83. The van der Waals surface area contributed by atoms with Crippen molar-refractivity contribution in [2.75, 3.05) is 13.2 Å². The SMILES string of the molecule is CCCCCC1CCC(C2(OCCCCCCOc3ccc(C(=O)c4ccccc4O)c(O)c3)C=CC(c3ccccc3)=CC2)CC1. The van der Waals surface area contributed by atoms with Crippen LogP contribution in [0.4, 0.5) is 0 Å². The van der Waals surface area contributed by atoms with Crippen molar-refractivity contribution in [1.82, 2.24) is 0 Å². The maximum Gasteiger partial charge on any atom is 0.200 e. The van der Waals surface area contributed by atoms with E-state index in [0.29, 0.717) is 18.3 Å². The highest BCUT2D eigenvalue weighted by atomic mass is 16.5. The molecule has 2 aliphatic rings. The van der Waals surface area contributed by atoms with Crippen molar-refractivity contribution >= 4 is 11.4 Å². The maximum absolute atomic E-state index is 12.7. The topological polar surface area (TPSA) is 76.0 Å². The lowest BCUT2D eigenvalue weighted by Gasteiger charge is -2.43. The van der Waals surface area contributed by atoms with Crippen LogP contribution in [0, 0.1) is 11.8 Å². The summed E-state index contributed by atoms with van der Waals surface area (Å²) in [6, 6.07) is 21.7. The minimum atomic E-state index is -0.428. The summed E-state index contributed by atoms with van der Waals surface area (Å²) in [7, 11) is 0. The molecule has 2 aliphatic carbocycles. The molecule has 5 rings (SSSR count). The number of allylic oxidation sites excluding steroid dienone is 2. The van der Waals surface area contributed by atoms with Crippen molar-refractivity contribution in [2.45, 2.75) is 96.0 Å². The third-order valence-electron chi connectivity index (χ3n) is 10.1. The normalized spacial score (nSPS) is 20.9. The van der Waals surface area contributed by atoms with Gasteiger partial charge in [-0.2, -0.15) is 0 Å². The van der Waals surface area contributed by atoms with Crippen molar-refractivity contribution in [3.63, 3.8) is 0 Å². The van der Waals surface area contributed by atoms with Gasteiger partial charge < -0.3 is 19.7 Å². The van der Waals surface area contributed by atoms with Gasteiger partial charge in [0.05, 0.1) is 23.3 Å². The molecule has 0 aromatic heterocycles. The van der Waals surface area contributed by atoms with Gasteiger partial charge in [0.2, 0.25) is 0 Å². The minimum Gasteiger partial charge on any atom is -0.507 e. The number of benzene rings is 3. The van der Waals surface area contributed by atoms with Crippen LogP contribution in [-0.2, 0) is 4.74 Å². The first kappa shape index (κ1) is 34.5. The van der Waals surface area contributed by atoms with Crippen LogP contribution < -0.4 is 4.74 Å². The molecular weight excluding hydrogens is 584 g/mol. The van der Waals surface area contributed by atoms with Gasteiger partial charge in [0.15, 0.2) is 5.78 Å². The third-order valence-corrected chi connectivity index (χ3v) is 10.1. The van der Waals surface area contributed by atoms with E-state index in [1.165, 1.54) is 80.7 Å². The highest BCUT2D eigenvalue weighted by molar-refractivity contribution is 6.12. The molecule has 1 atom stereocenters. The molecule has 5 heteroatoms. The monoisotopic (exact) mass is 636 g/mol. The molecule has 0 radical (unpaired) electrons. The molecule has 47 heavy (non-hydrogen) atoms. The highest BCUT2D eigenvalue weighted by Crippen LogP contribution is 2.44. The van der Waals surface area contributed by atoms with E-state index in [2.05, 4.69) is 55.5 Å². The summed E-state index contributed by atoms with van der Waals surface area (Å²) in [4.78, 5) is 12.7. The minimum absolute atomic E-state index is 0.109. The second-order valence-corrected chi connectivity index (χ2v) is 13.4. The Kier molecular flexibility index (Phi) is 12.7. The molecule has 0 amide bonds. The molecule has 0 aliphatic heterocycles. The zero-order valence-electron chi connectivity index (χ0n) is 28.0. The first-order valence-electron chi connectivity index (χ1n) is 17.9. The van der Waals surface area contributed by atoms with Gasteiger partial charge in [-0.05, 0) is 85.8 Å². The predicted octanol–water partition coefficient (Wildman–Crippen LogP) is 10.5. The van der Waals surface area contributed by atoms with E-state index in [1.54, 1.807) is 24.3 Å². The Balaban J connectivity index is 1.06. The summed E-state index contributed by atoms with van der Waals surface area (Å²) in [6.07, 6.45) is 22.6. The fourth-order valence-corrected chi connectivity index (χ4v) is 7.25. The summed E-state index contributed by atoms with van der Waals surface area (Å²) in [5, 5.41) is 20.5. The molecule has 1 unspecified atom stereocenters. The first-order valence-corrected chi connectivity index (χ1v) is 17.9. The maximum atomic E-state index is 12.7. The number of para-hydroxylation sites is 1. The third kappa shape index (κ3) is 9.38. The van der Waals surface area contributed by atoms with Crippen LogP contribution in [0.1, 0.15) is 112 Å². The number of hydrogen-bond donors (Lipinski definition) is 2. The summed E-state index contributed by atoms with van der Waals surface area (Å²) in [5.74, 6) is 1.28. The van der Waals surface area contributed by atoms with Crippen molar-refractivity contribution in [2.24, 2.45) is 11.8 Å². The quantitative estimate of drug-likeness (QED) is 0.114. The van der Waals surface area contributed by atoms with E-state index in [9.17, 15) is 15.0 Å². The second kappa shape index (κ2) is 17.4. The van der Waals surface area contributed by atoms with E-state index in [4.69, 9.17) is 9.47 Å². The van der Waals surface area contributed by atoms with E-state index >= 15 is 0 Å². The number of ether oxygens (including phenoxy) is 2. The van der Waals surface area contributed by atoms with Gasteiger partial charge >= 0.3 is 0 Å². The van der Waals surface area contributed by atoms with Gasteiger partial charge in [-0.3, -0.25) is 4.79 Å². The van der Waals surface area contributed by atoms with Crippen LogP contribution in [0.25, 0.3) is 5.57 Å². The second-order valence-electron chi connectivity index (χ2n) is 13.4. The molecule has 250 valence electrons. The van der Waals surface area contributed by atoms with E-state index in [-0.39, 0.29) is 28.2 Å². The molecule has 0 spiro atoms. The number of carbonyl (C=O) groups is 1. The fourth-order valence-electron chi connectivity index (χ4n) is 7.25. The Morgan fingerprint density at radius 2 is 1.51 bits per heavy atom. The largest absolute Gasteiger partial charge is 0.507 e. The molecule has 1 saturated carbocycles. The standard InChI is InChI=1S/C42H52O5/c1-2-3-7-14-32-19-21-35(22-20-32)42(27-25-34(26-28-42)33-15-8-6-9-16-33)47-30-13-5-4-12-29-46-36-23-24-38(40(44)31-36)41(45)37-17-10-11-18-39(37)43/h6,8-11,15-18,23-27,31-32,35,43-44H,2-5,7,12-14,19-22,28-30H2,1H3. The number of unbranched alkanes of at least 4 members (excludes halogenated alkanes) is 5. The molecule has 0 bridgehead atoms. The van der Waals surface area contributed by atoms with Crippen LogP contribution in [0.5, 0.6) is 17.2 Å².